The number of ether oxygens (including phenoxy) is 2. The van der Waals surface area contributed by atoms with Gasteiger partial charge in [0.25, 0.3) is 0 Å². The van der Waals surface area contributed by atoms with Crippen LogP contribution in [0.5, 0.6) is 11.5 Å². The van der Waals surface area contributed by atoms with E-state index in [9.17, 15) is 0 Å². The second-order valence-corrected chi connectivity index (χ2v) is 5.19. The molecule has 0 bridgehead atoms. The van der Waals surface area contributed by atoms with E-state index >= 15 is 0 Å². The lowest BCUT2D eigenvalue weighted by molar-refractivity contribution is 0.356. The van der Waals surface area contributed by atoms with Gasteiger partial charge in [0, 0.05) is 17.6 Å². The Balaban J connectivity index is 1.96. The van der Waals surface area contributed by atoms with E-state index in [1.165, 1.54) is 6.33 Å². The van der Waals surface area contributed by atoms with E-state index in [1.807, 2.05) is 24.3 Å². The summed E-state index contributed by atoms with van der Waals surface area (Å²) in [6.45, 7) is 0. The van der Waals surface area contributed by atoms with Crippen molar-refractivity contribution < 1.29 is 9.47 Å². The van der Waals surface area contributed by atoms with Crippen molar-refractivity contribution in [1.29, 1.82) is 0 Å². The topological polar surface area (TPSA) is 87.8 Å². The Hall–Kier alpha value is -3.55. The lowest BCUT2D eigenvalue weighted by atomic mass is 10.1. The van der Waals surface area contributed by atoms with E-state index in [0.29, 0.717) is 17.2 Å². The normalized spacial score (nSPS) is 10.8. The minimum absolute atomic E-state index is 0.603. The zero-order valence-electron chi connectivity index (χ0n) is 13.6. The SMILES string of the molecule is COc1cc2ncnc(-c3cnnn3-c3cccnc3)c2cc1OC. The number of aromatic nitrogens is 6. The van der Waals surface area contributed by atoms with Crippen LogP contribution in [-0.2, 0) is 0 Å². The molecule has 0 saturated carbocycles. The van der Waals surface area contributed by atoms with Gasteiger partial charge < -0.3 is 9.47 Å². The average Bonchev–Trinajstić information content (AvgIpc) is 3.16. The highest BCUT2D eigenvalue weighted by atomic mass is 16.5. The quantitative estimate of drug-likeness (QED) is 0.566. The third-order valence-electron chi connectivity index (χ3n) is 3.82. The van der Waals surface area contributed by atoms with Crippen molar-refractivity contribution in [1.82, 2.24) is 29.9 Å². The van der Waals surface area contributed by atoms with Gasteiger partial charge in [-0.25, -0.2) is 14.6 Å². The van der Waals surface area contributed by atoms with Gasteiger partial charge in [-0.2, -0.15) is 0 Å². The first kappa shape index (κ1) is 15.0. The Morgan fingerprint density at radius 3 is 2.60 bits per heavy atom. The molecule has 0 spiro atoms. The van der Waals surface area contributed by atoms with Gasteiger partial charge in [-0.3, -0.25) is 4.98 Å². The van der Waals surface area contributed by atoms with E-state index in [1.54, 1.807) is 37.5 Å². The second-order valence-electron chi connectivity index (χ2n) is 5.19. The van der Waals surface area contributed by atoms with Gasteiger partial charge in [-0.1, -0.05) is 5.21 Å². The fourth-order valence-electron chi connectivity index (χ4n) is 2.65. The standard InChI is InChI=1S/C17H14N6O2/c1-24-15-6-12-13(7-16(15)25-2)19-10-20-17(12)14-9-21-22-23(14)11-4-3-5-18-8-11/h3-10H,1-2H3. The largest absolute Gasteiger partial charge is 0.493 e. The highest BCUT2D eigenvalue weighted by Gasteiger charge is 2.16. The average molecular weight is 334 g/mol. The molecule has 0 aliphatic rings. The molecule has 8 heteroatoms. The molecule has 4 aromatic rings. The van der Waals surface area contributed by atoms with Crippen LogP contribution in [0.15, 0.2) is 49.2 Å². The molecule has 0 fully saturated rings. The monoisotopic (exact) mass is 334 g/mol. The fourth-order valence-corrected chi connectivity index (χ4v) is 2.65. The number of rotatable bonds is 4. The molecule has 124 valence electrons. The van der Waals surface area contributed by atoms with E-state index in [0.717, 1.165) is 22.3 Å². The number of methoxy groups -OCH3 is 2. The van der Waals surface area contributed by atoms with E-state index in [4.69, 9.17) is 9.47 Å². The highest BCUT2D eigenvalue weighted by Crippen LogP contribution is 2.35. The molecule has 8 nitrogen and oxygen atoms in total. The predicted molar refractivity (Wildman–Crippen MR) is 90.8 cm³/mol. The molecule has 0 N–H and O–H groups in total. The summed E-state index contributed by atoms with van der Waals surface area (Å²) < 4.78 is 12.4. The maximum Gasteiger partial charge on any atom is 0.162 e. The summed E-state index contributed by atoms with van der Waals surface area (Å²) in [5, 5.41) is 9.00. The van der Waals surface area contributed by atoms with Crippen LogP contribution in [0.2, 0.25) is 0 Å². The van der Waals surface area contributed by atoms with Gasteiger partial charge >= 0.3 is 0 Å². The molecule has 0 atom stereocenters. The van der Waals surface area contributed by atoms with E-state index < -0.39 is 0 Å². The van der Waals surface area contributed by atoms with Crippen LogP contribution in [0.1, 0.15) is 0 Å². The molecule has 3 aromatic heterocycles. The molecule has 25 heavy (non-hydrogen) atoms. The number of hydrogen-bond acceptors (Lipinski definition) is 7. The number of fused-ring (bicyclic) bond motifs is 1. The Morgan fingerprint density at radius 2 is 1.84 bits per heavy atom. The lowest BCUT2D eigenvalue weighted by Crippen LogP contribution is -2.02. The summed E-state index contributed by atoms with van der Waals surface area (Å²) in [6.07, 6.45) is 6.58. The Morgan fingerprint density at radius 1 is 1.00 bits per heavy atom. The van der Waals surface area contributed by atoms with Crippen molar-refractivity contribution in [2.45, 2.75) is 0 Å². The molecular formula is C17H14N6O2. The maximum atomic E-state index is 5.40. The van der Waals surface area contributed by atoms with Crippen molar-refractivity contribution >= 4 is 10.9 Å². The summed E-state index contributed by atoms with van der Waals surface area (Å²) >= 11 is 0. The Labute approximate surface area is 143 Å². The zero-order chi connectivity index (χ0) is 17.2. The minimum Gasteiger partial charge on any atom is -0.493 e. The van der Waals surface area contributed by atoms with Gasteiger partial charge in [0.15, 0.2) is 11.5 Å². The third kappa shape index (κ3) is 2.53. The number of benzene rings is 1. The van der Waals surface area contributed by atoms with Crippen LogP contribution in [-0.4, -0.2) is 44.2 Å². The molecule has 0 aliphatic carbocycles. The first-order valence-electron chi connectivity index (χ1n) is 7.50. The zero-order valence-corrected chi connectivity index (χ0v) is 13.6. The van der Waals surface area contributed by atoms with Crippen molar-refractivity contribution in [3.05, 3.63) is 49.2 Å². The first-order chi connectivity index (χ1) is 12.3. The predicted octanol–water partition coefficient (Wildman–Crippen LogP) is 2.29. The molecule has 0 unspecified atom stereocenters. The number of hydrogen-bond donors (Lipinski definition) is 0. The summed E-state index contributed by atoms with van der Waals surface area (Å²) in [7, 11) is 3.18. The molecule has 0 radical (unpaired) electrons. The molecule has 0 amide bonds. The van der Waals surface area contributed by atoms with Crippen LogP contribution < -0.4 is 9.47 Å². The van der Waals surface area contributed by atoms with Crippen LogP contribution >= 0.6 is 0 Å². The van der Waals surface area contributed by atoms with Gasteiger partial charge in [0.2, 0.25) is 0 Å². The Bertz CT molecular complexity index is 1030. The molecule has 0 aliphatic heterocycles. The lowest BCUT2D eigenvalue weighted by Gasteiger charge is -2.11. The molecule has 4 rings (SSSR count). The van der Waals surface area contributed by atoms with Gasteiger partial charge in [0.05, 0.1) is 37.8 Å². The van der Waals surface area contributed by atoms with Crippen LogP contribution in [0.4, 0.5) is 0 Å². The number of nitrogens with zero attached hydrogens (tertiary/aromatic N) is 6. The maximum absolute atomic E-state index is 5.40. The van der Waals surface area contributed by atoms with Crippen LogP contribution in [0.25, 0.3) is 28.0 Å². The first-order valence-corrected chi connectivity index (χ1v) is 7.50. The summed E-state index contributed by atoms with van der Waals surface area (Å²) in [6, 6.07) is 7.41. The van der Waals surface area contributed by atoms with Crippen molar-refractivity contribution in [2.75, 3.05) is 14.2 Å². The van der Waals surface area contributed by atoms with Crippen molar-refractivity contribution in [3.63, 3.8) is 0 Å². The summed E-state index contributed by atoms with van der Waals surface area (Å²) in [4.78, 5) is 12.9. The summed E-state index contributed by atoms with van der Waals surface area (Å²) in [5.41, 5.74) is 2.95. The van der Waals surface area contributed by atoms with Gasteiger partial charge in [-0.15, -0.1) is 5.10 Å². The Kier molecular flexibility index (Phi) is 3.70. The van der Waals surface area contributed by atoms with Crippen molar-refractivity contribution in [3.8, 4) is 28.6 Å². The molecular weight excluding hydrogens is 320 g/mol. The fraction of sp³-hybridized carbons (Fsp3) is 0.118. The smallest absolute Gasteiger partial charge is 0.162 e. The number of pyridine rings is 1. The van der Waals surface area contributed by atoms with Gasteiger partial charge in [-0.05, 0) is 18.2 Å². The van der Waals surface area contributed by atoms with E-state index in [2.05, 4.69) is 25.3 Å². The van der Waals surface area contributed by atoms with Gasteiger partial charge in [0.1, 0.15) is 17.7 Å². The highest BCUT2D eigenvalue weighted by molar-refractivity contribution is 5.93. The van der Waals surface area contributed by atoms with E-state index in [-0.39, 0.29) is 0 Å². The molecule has 3 heterocycles. The van der Waals surface area contributed by atoms with Crippen molar-refractivity contribution in [2.24, 2.45) is 0 Å². The summed E-state index contributed by atoms with van der Waals surface area (Å²) in [5.74, 6) is 1.21. The second kappa shape index (κ2) is 6.16. The minimum atomic E-state index is 0.603. The van der Waals surface area contributed by atoms with Crippen LogP contribution in [0.3, 0.4) is 0 Å². The third-order valence-corrected chi connectivity index (χ3v) is 3.82. The molecule has 1 aromatic carbocycles. The molecule has 0 saturated heterocycles. The van der Waals surface area contributed by atoms with Crippen LogP contribution in [0, 0.1) is 0 Å².